The third-order valence-electron chi connectivity index (χ3n) is 2.58. The van der Waals surface area contributed by atoms with Crippen molar-refractivity contribution in [2.75, 3.05) is 26.8 Å². The molecule has 0 atom stereocenters. The quantitative estimate of drug-likeness (QED) is 0.784. The average molecular weight is 280 g/mol. The molecule has 0 fully saturated rings. The number of ether oxygens (including phenoxy) is 2. The normalized spacial score (nSPS) is 9.70. The summed E-state index contributed by atoms with van der Waals surface area (Å²) in [5.74, 6) is 0.541. The molecule has 20 heavy (non-hydrogen) atoms. The van der Waals surface area contributed by atoms with Crippen molar-refractivity contribution in [2.45, 2.75) is 13.3 Å². The molecule has 0 aliphatic heterocycles. The second-order valence-corrected chi connectivity index (χ2v) is 3.99. The zero-order valence-corrected chi connectivity index (χ0v) is 11.8. The summed E-state index contributed by atoms with van der Waals surface area (Å²) < 4.78 is 9.87. The van der Waals surface area contributed by atoms with Gasteiger partial charge >= 0.3 is 6.09 Å². The topological polar surface area (TPSA) is 76.7 Å². The second-order valence-electron chi connectivity index (χ2n) is 3.99. The Kier molecular flexibility index (Phi) is 6.95. The van der Waals surface area contributed by atoms with E-state index in [1.807, 2.05) is 24.3 Å². The monoisotopic (exact) mass is 280 g/mol. The van der Waals surface area contributed by atoms with Gasteiger partial charge in [-0.15, -0.1) is 0 Å². The number of hydrogen-bond acceptors (Lipinski definition) is 4. The Morgan fingerprint density at radius 3 is 2.65 bits per heavy atom. The van der Waals surface area contributed by atoms with Crippen molar-refractivity contribution in [1.29, 1.82) is 0 Å². The predicted molar refractivity (Wildman–Crippen MR) is 74.7 cm³/mol. The first kappa shape index (κ1) is 15.8. The number of methoxy groups -OCH3 is 1. The maximum atomic E-state index is 11.5. The van der Waals surface area contributed by atoms with Gasteiger partial charge in [-0.2, -0.15) is 0 Å². The van der Waals surface area contributed by atoms with Crippen LogP contribution in [0.1, 0.15) is 12.5 Å². The molecule has 110 valence electrons. The number of nitrogens with one attached hydrogen (secondary N) is 2. The standard InChI is InChI=1S/C14H20N2O4/c1-3-20-14(18)16-10-13(17)15-9-8-11-6-4-5-7-12(11)19-2/h4-7H,3,8-10H2,1-2H3,(H,15,17)(H,16,18). The molecule has 6 nitrogen and oxygen atoms in total. The van der Waals surface area contributed by atoms with E-state index in [1.165, 1.54) is 0 Å². The Bertz CT molecular complexity index is 449. The van der Waals surface area contributed by atoms with Crippen LogP contribution in [0, 0.1) is 0 Å². The third-order valence-corrected chi connectivity index (χ3v) is 2.58. The number of benzene rings is 1. The van der Waals surface area contributed by atoms with Gasteiger partial charge in [-0.25, -0.2) is 4.79 Å². The van der Waals surface area contributed by atoms with Crippen LogP contribution < -0.4 is 15.4 Å². The molecule has 2 N–H and O–H groups in total. The van der Waals surface area contributed by atoms with Crippen LogP contribution in [0.5, 0.6) is 5.75 Å². The number of rotatable bonds is 7. The molecule has 0 bridgehead atoms. The Morgan fingerprint density at radius 1 is 1.20 bits per heavy atom. The summed E-state index contributed by atoms with van der Waals surface area (Å²) in [5.41, 5.74) is 1.02. The fraction of sp³-hybridized carbons (Fsp3) is 0.429. The molecule has 0 radical (unpaired) electrons. The van der Waals surface area contributed by atoms with E-state index in [1.54, 1.807) is 14.0 Å². The Labute approximate surface area is 118 Å². The maximum Gasteiger partial charge on any atom is 0.407 e. The van der Waals surface area contributed by atoms with Crippen LogP contribution in [0.15, 0.2) is 24.3 Å². The number of para-hydroxylation sites is 1. The van der Waals surface area contributed by atoms with Gasteiger partial charge in [-0.05, 0) is 25.0 Å². The van der Waals surface area contributed by atoms with Crippen LogP contribution in [0.4, 0.5) is 4.79 Å². The molecule has 0 aromatic heterocycles. The number of carbonyl (C=O) groups excluding carboxylic acids is 2. The van der Waals surface area contributed by atoms with Gasteiger partial charge in [-0.1, -0.05) is 18.2 Å². The molecule has 1 aromatic rings. The highest BCUT2D eigenvalue weighted by molar-refractivity contribution is 5.82. The summed E-state index contributed by atoms with van der Waals surface area (Å²) in [6.07, 6.45) is 0.0715. The molecule has 1 rings (SSSR count). The SMILES string of the molecule is CCOC(=O)NCC(=O)NCCc1ccccc1OC. The van der Waals surface area contributed by atoms with Gasteiger partial charge in [0, 0.05) is 6.54 Å². The minimum absolute atomic E-state index is 0.0925. The minimum atomic E-state index is -0.590. The summed E-state index contributed by atoms with van der Waals surface area (Å²) >= 11 is 0. The molecule has 6 heteroatoms. The van der Waals surface area contributed by atoms with Crippen molar-refractivity contribution in [3.63, 3.8) is 0 Å². The van der Waals surface area contributed by atoms with Crippen LogP contribution in [-0.2, 0) is 16.0 Å². The van der Waals surface area contributed by atoms with Crippen molar-refractivity contribution >= 4 is 12.0 Å². The van der Waals surface area contributed by atoms with E-state index in [0.717, 1.165) is 11.3 Å². The smallest absolute Gasteiger partial charge is 0.407 e. The molecule has 0 aliphatic carbocycles. The summed E-state index contributed by atoms with van der Waals surface area (Å²) in [6.45, 7) is 2.36. The summed E-state index contributed by atoms with van der Waals surface area (Å²) in [5, 5.41) is 5.07. The van der Waals surface area contributed by atoms with Crippen molar-refractivity contribution in [3.05, 3.63) is 29.8 Å². The molecular formula is C14H20N2O4. The van der Waals surface area contributed by atoms with E-state index in [2.05, 4.69) is 15.4 Å². The van der Waals surface area contributed by atoms with Gasteiger partial charge in [-0.3, -0.25) is 4.79 Å². The highest BCUT2D eigenvalue weighted by atomic mass is 16.5. The van der Waals surface area contributed by atoms with Crippen molar-refractivity contribution in [1.82, 2.24) is 10.6 Å². The Hall–Kier alpha value is -2.24. The van der Waals surface area contributed by atoms with Crippen LogP contribution >= 0.6 is 0 Å². The van der Waals surface area contributed by atoms with Gasteiger partial charge in [0.15, 0.2) is 0 Å². The van der Waals surface area contributed by atoms with Crippen LogP contribution in [-0.4, -0.2) is 38.8 Å². The number of hydrogen-bond donors (Lipinski definition) is 2. The van der Waals surface area contributed by atoms with Crippen LogP contribution in [0.25, 0.3) is 0 Å². The summed E-state index contributed by atoms with van der Waals surface area (Å²) in [7, 11) is 1.61. The number of alkyl carbamates (subject to hydrolysis) is 1. The number of carbonyl (C=O) groups is 2. The molecule has 0 spiro atoms. The molecule has 0 aliphatic rings. The van der Waals surface area contributed by atoms with Crippen molar-refractivity contribution in [2.24, 2.45) is 0 Å². The van der Waals surface area contributed by atoms with Crippen LogP contribution in [0.3, 0.4) is 0 Å². The summed E-state index contributed by atoms with van der Waals surface area (Å²) in [6, 6.07) is 7.63. The lowest BCUT2D eigenvalue weighted by Crippen LogP contribution is -2.37. The zero-order chi connectivity index (χ0) is 14.8. The van der Waals surface area contributed by atoms with E-state index in [4.69, 9.17) is 4.74 Å². The highest BCUT2D eigenvalue weighted by Gasteiger charge is 2.06. The molecule has 0 saturated carbocycles. The lowest BCUT2D eigenvalue weighted by molar-refractivity contribution is -0.120. The maximum absolute atomic E-state index is 11.5. The molecule has 0 heterocycles. The first-order chi connectivity index (χ1) is 9.67. The Balaban J connectivity index is 2.26. The van der Waals surface area contributed by atoms with E-state index in [0.29, 0.717) is 13.0 Å². The summed E-state index contributed by atoms with van der Waals surface area (Å²) in [4.78, 5) is 22.5. The van der Waals surface area contributed by atoms with Gasteiger partial charge in [0.05, 0.1) is 20.3 Å². The third kappa shape index (κ3) is 5.60. The fourth-order valence-corrected chi connectivity index (χ4v) is 1.64. The molecule has 0 unspecified atom stereocenters. The zero-order valence-electron chi connectivity index (χ0n) is 11.8. The first-order valence-corrected chi connectivity index (χ1v) is 6.46. The van der Waals surface area contributed by atoms with Gasteiger partial charge < -0.3 is 20.1 Å². The largest absolute Gasteiger partial charge is 0.496 e. The fourth-order valence-electron chi connectivity index (χ4n) is 1.64. The highest BCUT2D eigenvalue weighted by Crippen LogP contribution is 2.17. The lowest BCUT2D eigenvalue weighted by Gasteiger charge is -2.09. The van der Waals surface area contributed by atoms with E-state index >= 15 is 0 Å². The molecular weight excluding hydrogens is 260 g/mol. The first-order valence-electron chi connectivity index (χ1n) is 6.46. The minimum Gasteiger partial charge on any atom is -0.496 e. The van der Waals surface area contributed by atoms with Crippen LogP contribution in [0.2, 0.25) is 0 Å². The van der Waals surface area contributed by atoms with Gasteiger partial charge in [0.2, 0.25) is 5.91 Å². The predicted octanol–water partition coefficient (Wildman–Crippen LogP) is 1.10. The van der Waals surface area contributed by atoms with Crippen molar-refractivity contribution in [3.8, 4) is 5.75 Å². The van der Waals surface area contributed by atoms with E-state index in [9.17, 15) is 9.59 Å². The molecule has 1 aromatic carbocycles. The van der Waals surface area contributed by atoms with E-state index < -0.39 is 6.09 Å². The Morgan fingerprint density at radius 2 is 1.95 bits per heavy atom. The van der Waals surface area contributed by atoms with Gasteiger partial charge in [0.1, 0.15) is 5.75 Å². The van der Waals surface area contributed by atoms with E-state index in [-0.39, 0.29) is 19.1 Å². The van der Waals surface area contributed by atoms with Crippen molar-refractivity contribution < 1.29 is 19.1 Å². The second kappa shape index (κ2) is 8.79. The molecule has 2 amide bonds. The molecule has 0 saturated heterocycles. The van der Waals surface area contributed by atoms with Gasteiger partial charge in [0.25, 0.3) is 0 Å². The lowest BCUT2D eigenvalue weighted by atomic mass is 10.1. The number of amides is 2. The average Bonchev–Trinajstić information content (AvgIpc) is 2.46.